The van der Waals surface area contributed by atoms with Crippen molar-refractivity contribution in [3.05, 3.63) is 16.1 Å². The van der Waals surface area contributed by atoms with E-state index in [1.165, 1.54) is 0 Å². The molecule has 0 bridgehead atoms. The van der Waals surface area contributed by atoms with E-state index in [1.807, 2.05) is 33.1 Å². The van der Waals surface area contributed by atoms with Gasteiger partial charge in [0.1, 0.15) is 0 Å². The Hall–Kier alpha value is -0.610. The van der Waals surface area contributed by atoms with E-state index in [0.717, 1.165) is 10.7 Å². The molecule has 1 heterocycles. The lowest BCUT2D eigenvalue weighted by Crippen LogP contribution is -2.39. The number of hydrogen-bond donors (Lipinski definition) is 1. The Morgan fingerprint density at radius 2 is 2.31 bits per heavy atom. The van der Waals surface area contributed by atoms with Gasteiger partial charge in [-0.15, -0.1) is 22.9 Å². The molecular weight excluding hydrogens is 244 g/mol. The molecule has 1 aromatic heterocycles. The van der Waals surface area contributed by atoms with E-state index in [4.69, 9.17) is 11.6 Å². The van der Waals surface area contributed by atoms with Crippen molar-refractivity contribution in [1.82, 2.24) is 10.3 Å². The quantitative estimate of drug-likeness (QED) is 0.846. The minimum Gasteiger partial charge on any atom is -0.347 e. The molecule has 0 fully saturated rings. The van der Waals surface area contributed by atoms with Crippen LogP contribution in [0.25, 0.3) is 0 Å². The molecule has 3 nitrogen and oxygen atoms in total. The van der Waals surface area contributed by atoms with Gasteiger partial charge in [0.2, 0.25) is 5.91 Å². The zero-order chi connectivity index (χ0) is 12.3. The van der Waals surface area contributed by atoms with E-state index >= 15 is 0 Å². The van der Waals surface area contributed by atoms with Gasteiger partial charge < -0.3 is 5.32 Å². The maximum absolute atomic E-state index is 11.9. The van der Waals surface area contributed by atoms with Crippen molar-refractivity contribution in [2.45, 2.75) is 33.7 Å². The molecule has 0 spiro atoms. The number of amides is 1. The number of halogens is 1. The summed E-state index contributed by atoms with van der Waals surface area (Å²) in [5.41, 5.74) is 0.363. The lowest BCUT2D eigenvalue weighted by Gasteiger charge is -2.22. The molecule has 0 aromatic carbocycles. The summed E-state index contributed by atoms with van der Waals surface area (Å²) >= 11 is 7.33. The monoisotopic (exact) mass is 260 g/mol. The first kappa shape index (κ1) is 13.5. The SMILES string of the molecule is Cc1nc(C(C)NC(=O)C(C)(C)CCl)cs1. The Balaban J connectivity index is 2.65. The summed E-state index contributed by atoms with van der Waals surface area (Å²) in [7, 11) is 0. The van der Waals surface area contributed by atoms with Crippen molar-refractivity contribution in [2.75, 3.05) is 5.88 Å². The standard InChI is InChI=1S/C11H17ClN2OS/c1-7(9-5-16-8(2)14-9)13-10(15)11(3,4)6-12/h5,7H,6H2,1-4H3,(H,13,15). The number of hydrogen-bond acceptors (Lipinski definition) is 3. The highest BCUT2D eigenvalue weighted by Crippen LogP contribution is 2.21. The Kier molecular flexibility index (Phi) is 4.33. The third-order valence-electron chi connectivity index (χ3n) is 2.38. The van der Waals surface area contributed by atoms with Crippen LogP contribution in [0, 0.1) is 12.3 Å². The molecule has 0 saturated heterocycles. The number of carbonyl (C=O) groups excluding carboxylic acids is 1. The summed E-state index contributed by atoms with van der Waals surface area (Å²) < 4.78 is 0. The molecule has 1 rings (SSSR count). The van der Waals surface area contributed by atoms with Crippen LogP contribution in [-0.2, 0) is 4.79 Å². The molecule has 0 saturated carbocycles. The highest BCUT2D eigenvalue weighted by molar-refractivity contribution is 7.09. The van der Waals surface area contributed by atoms with E-state index in [9.17, 15) is 4.79 Å². The number of aromatic nitrogens is 1. The summed E-state index contributed by atoms with van der Waals surface area (Å²) in [6.07, 6.45) is 0. The first-order valence-corrected chi connectivity index (χ1v) is 6.57. The molecule has 1 aromatic rings. The predicted molar refractivity (Wildman–Crippen MR) is 67.9 cm³/mol. The molecule has 1 amide bonds. The molecule has 1 N–H and O–H groups in total. The van der Waals surface area contributed by atoms with E-state index in [1.54, 1.807) is 11.3 Å². The van der Waals surface area contributed by atoms with Gasteiger partial charge in [0.25, 0.3) is 0 Å². The van der Waals surface area contributed by atoms with E-state index < -0.39 is 5.41 Å². The van der Waals surface area contributed by atoms with Gasteiger partial charge in [0, 0.05) is 11.3 Å². The number of alkyl halides is 1. The highest BCUT2D eigenvalue weighted by Gasteiger charge is 2.28. The van der Waals surface area contributed by atoms with Crippen molar-refractivity contribution in [1.29, 1.82) is 0 Å². The van der Waals surface area contributed by atoms with Crippen LogP contribution in [0.1, 0.15) is 37.5 Å². The fourth-order valence-electron chi connectivity index (χ4n) is 1.11. The number of thiazole rings is 1. The van der Waals surface area contributed by atoms with E-state index in [0.29, 0.717) is 5.88 Å². The van der Waals surface area contributed by atoms with Gasteiger partial charge in [-0.2, -0.15) is 0 Å². The molecule has 16 heavy (non-hydrogen) atoms. The molecular formula is C11H17ClN2OS. The summed E-state index contributed by atoms with van der Waals surface area (Å²) in [6.45, 7) is 7.53. The summed E-state index contributed by atoms with van der Waals surface area (Å²) in [5.74, 6) is 0.266. The minimum atomic E-state index is -0.541. The molecule has 90 valence electrons. The van der Waals surface area contributed by atoms with Gasteiger partial charge in [-0.3, -0.25) is 4.79 Å². The highest BCUT2D eigenvalue weighted by atomic mass is 35.5. The average Bonchev–Trinajstić information content (AvgIpc) is 2.64. The van der Waals surface area contributed by atoms with Crippen LogP contribution in [0.15, 0.2) is 5.38 Å². The van der Waals surface area contributed by atoms with Gasteiger partial charge >= 0.3 is 0 Å². The maximum Gasteiger partial charge on any atom is 0.227 e. The lowest BCUT2D eigenvalue weighted by atomic mass is 9.95. The van der Waals surface area contributed by atoms with Crippen LogP contribution in [0.5, 0.6) is 0 Å². The number of aryl methyl sites for hydroxylation is 1. The minimum absolute atomic E-state index is 0.0411. The van der Waals surface area contributed by atoms with Crippen molar-refractivity contribution >= 4 is 28.8 Å². The van der Waals surface area contributed by atoms with E-state index in [2.05, 4.69) is 10.3 Å². The smallest absolute Gasteiger partial charge is 0.227 e. The fraction of sp³-hybridized carbons (Fsp3) is 0.636. The number of rotatable bonds is 4. The van der Waals surface area contributed by atoms with Crippen molar-refractivity contribution in [3.8, 4) is 0 Å². The molecule has 5 heteroatoms. The average molecular weight is 261 g/mol. The fourth-order valence-corrected chi connectivity index (χ4v) is 1.93. The Morgan fingerprint density at radius 3 is 2.75 bits per heavy atom. The van der Waals surface area contributed by atoms with Gasteiger partial charge in [0.05, 0.1) is 22.2 Å². The zero-order valence-electron chi connectivity index (χ0n) is 10.0. The molecule has 0 radical (unpaired) electrons. The first-order valence-electron chi connectivity index (χ1n) is 5.16. The van der Waals surface area contributed by atoms with Crippen molar-refractivity contribution < 1.29 is 4.79 Å². The van der Waals surface area contributed by atoms with Gasteiger partial charge in [-0.25, -0.2) is 4.98 Å². The molecule has 1 atom stereocenters. The van der Waals surface area contributed by atoms with Crippen molar-refractivity contribution in [3.63, 3.8) is 0 Å². The Morgan fingerprint density at radius 1 is 1.69 bits per heavy atom. The topological polar surface area (TPSA) is 42.0 Å². The van der Waals surface area contributed by atoms with Crippen LogP contribution in [0.3, 0.4) is 0 Å². The summed E-state index contributed by atoms with van der Waals surface area (Å²) in [6, 6.07) is -0.0695. The number of nitrogens with one attached hydrogen (secondary N) is 1. The third kappa shape index (κ3) is 3.19. The first-order chi connectivity index (χ1) is 7.36. The second kappa shape index (κ2) is 5.15. The van der Waals surface area contributed by atoms with Crippen LogP contribution in [0.2, 0.25) is 0 Å². The number of nitrogens with zero attached hydrogens (tertiary/aromatic N) is 1. The van der Waals surface area contributed by atoms with Crippen LogP contribution < -0.4 is 5.32 Å². The Bertz CT molecular complexity index is 376. The van der Waals surface area contributed by atoms with Crippen LogP contribution >= 0.6 is 22.9 Å². The van der Waals surface area contributed by atoms with Crippen molar-refractivity contribution in [2.24, 2.45) is 5.41 Å². The summed E-state index contributed by atoms with van der Waals surface area (Å²) in [4.78, 5) is 16.2. The molecule has 0 aliphatic heterocycles. The molecule has 0 aliphatic carbocycles. The largest absolute Gasteiger partial charge is 0.347 e. The second-order valence-corrected chi connectivity index (χ2v) is 5.83. The van der Waals surface area contributed by atoms with Gasteiger partial charge in [-0.05, 0) is 27.7 Å². The maximum atomic E-state index is 11.9. The lowest BCUT2D eigenvalue weighted by molar-refractivity contribution is -0.129. The summed E-state index contributed by atoms with van der Waals surface area (Å²) in [5, 5.41) is 5.89. The van der Waals surface area contributed by atoms with Gasteiger partial charge in [0.15, 0.2) is 0 Å². The van der Waals surface area contributed by atoms with Crippen LogP contribution in [-0.4, -0.2) is 16.8 Å². The molecule has 0 aliphatic rings. The van der Waals surface area contributed by atoms with Crippen LogP contribution in [0.4, 0.5) is 0 Å². The normalized spacial score (nSPS) is 13.6. The van der Waals surface area contributed by atoms with Gasteiger partial charge in [-0.1, -0.05) is 0 Å². The zero-order valence-corrected chi connectivity index (χ0v) is 11.6. The number of carbonyl (C=O) groups is 1. The third-order valence-corrected chi connectivity index (χ3v) is 3.84. The predicted octanol–water partition coefficient (Wildman–Crippen LogP) is 2.89. The Labute approximate surface area is 105 Å². The second-order valence-electron chi connectivity index (χ2n) is 4.50. The van der Waals surface area contributed by atoms with E-state index in [-0.39, 0.29) is 11.9 Å². The molecule has 1 unspecified atom stereocenters.